The van der Waals surface area contributed by atoms with E-state index in [9.17, 15) is 4.79 Å². The predicted octanol–water partition coefficient (Wildman–Crippen LogP) is 1.32. The number of nitrogens with one attached hydrogen (secondary N) is 2. The summed E-state index contributed by atoms with van der Waals surface area (Å²) >= 11 is 0. The Hall–Kier alpha value is -2.05. The zero-order chi connectivity index (χ0) is 15.9. The first-order chi connectivity index (χ1) is 10.0. The van der Waals surface area contributed by atoms with Gasteiger partial charge in [0.2, 0.25) is 5.91 Å². The van der Waals surface area contributed by atoms with Gasteiger partial charge in [-0.2, -0.15) is 5.10 Å². The van der Waals surface area contributed by atoms with Crippen molar-refractivity contribution in [3.05, 3.63) is 17.5 Å². The molecule has 0 unspecified atom stereocenters. The molecule has 1 amide bonds. The van der Waals surface area contributed by atoms with Gasteiger partial charge in [0.15, 0.2) is 5.84 Å². The second-order valence-electron chi connectivity index (χ2n) is 5.15. The molecule has 0 saturated carbocycles. The molecule has 118 valence electrons. The molecule has 0 aromatic carbocycles. The Balaban J connectivity index is 2.53. The molecule has 0 fully saturated rings. The molecule has 21 heavy (non-hydrogen) atoms. The van der Waals surface area contributed by atoms with Crippen LogP contribution in [0.1, 0.15) is 44.4 Å². The number of aromatic nitrogens is 2. The standard InChI is InChI=1S/C14H25N5O2/c1-4-14(5-2,12(15)19-21)13(20)16-8-6-7-11-9-17-18-10(11)3/h9,21H,4-8H2,1-3H3,(H2,15,19)(H,16,20)(H,17,18). The van der Waals surface area contributed by atoms with Crippen LogP contribution in [0, 0.1) is 12.3 Å². The van der Waals surface area contributed by atoms with E-state index in [0.29, 0.717) is 19.4 Å². The minimum Gasteiger partial charge on any atom is -0.409 e. The van der Waals surface area contributed by atoms with Gasteiger partial charge >= 0.3 is 0 Å². The van der Waals surface area contributed by atoms with Gasteiger partial charge in [0, 0.05) is 12.2 Å². The zero-order valence-electron chi connectivity index (χ0n) is 12.9. The molecule has 1 rings (SSSR count). The predicted molar refractivity (Wildman–Crippen MR) is 81.1 cm³/mol. The summed E-state index contributed by atoms with van der Waals surface area (Å²) in [6, 6.07) is 0. The smallest absolute Gasteiger partial charge is 0.233 e. The van der Waals surface area contributed by atoms with Gasteiger partial charge in [-0.3, -0.25) is 9.89 Å². The van der Waals surface area contributed by atoms with Crippen molar-refractivity contribution in [2.24, 2.45) is 16.3 Å². The molecule has 0 bridgehead atoms. The molecule has 1 aromatic heterocycles. The third-order valence-corrected chi connectivity index (χ3v) is 4.08. The van der Waals surface area contributed by atoms with E-state index in [1.807, 2.05) is 20.8 Å². The summed E-state index contributed by atoms with van der Waals surface area (Å²) in [6.45, 7) is 6.23. The van der Waals surface area contributed by atoms with Crippen LogP contribution in [-0.4, -0.2) is 33.7 Å². The first kappa shape index (κ1) is 17.0. The maximum atomic E-state index is 12.4. The second kappa shape index (κ2) is 7.66. The van der Waals surface area contributed by atoms with Crippen LogP contribution in [0.25, 0.3) is 0 Å². The van der Waals surface area contributed by atoms with Crippen molar-refractivity contribution in [3.8, 4) is 0 Å². The number of hydrogen-bond acceptors (Lipinski definition) is 4. The Kier molecular flexibility index (Phi) is 6.20. The van der Waals surface area contributed by atoms with Crippen LogP contribution in [0.15, 0.2) is 11.4 Å². The van der Waals surface area contributed by atoms with E-state index in [1.54, 1.807) is 6.20 Å². The Bertz CT molecular complexity index is 491. The monoisotopic (exact) mass is 295 g/mol. The third-order valence-electron chi connectivity index (χ3n) is 4.08. The maximum Gasteiger partial charge on any atom is 0.233 e. The quantitative estimate of drug-likeness (QED) is 0.190. The van der Waals surface area contributed by atoms with Crippen LogP contribution in [0.2, 0.25) is 0 Å². The lowest BCUT2D eigenvalue weighted by atomic mass is 9.80. The highest BCUT2D eigenvalue weighted by atomic mass is 16.4. The Labute approximate surface area is 125 Å². The highest BCUT2D eigenvalue weighted by molar-refractivity contribution is 6.06. The summed E-state index contributed by atoms with van der Waals surface area (Å²) < 4.78 is 0. The maximum absolute atomic E-state index is 12.4. The number of nitrogens with zero attached hydrogens (tertiary/aromatic N) is 2. The minimum atomic E-state index is -0.930. The largest absolute Gasteiger partial charge is 0.409 e. The topological polar surface area (TPSA) is 116 Å². The molecule has 0 atom stereocenters. The van der Waals surface area contributed by atoms with Gasteiger partial charge in [-0.15, -0.1) is 0 Å². The number of amidine groups is 1. The molecule has 0 radical (unpaired) electrons. The fraction of sp³-hybridized carbons (Fsp3) is 0.643. The molecule has 1 heterocycles. The van der Waals surface area contributed by atoms with Crippen molar-refractivity contribution < 1.29 is 10.0 Å². The Morgan fingerprint density at radius 3 is 2.67 bits per heavy atom. The van der Waals surface area contributed by atoms with Gasteiger partial charge in [0.25, 0.3) is 0 Å². The highest BCUT2D eigenvalue weighted by Crippen LogP contribution is 2.27. The van der Waals surface area contributed by atoms with Crippen molar-refractivity contribution in [1.82, 2.24) is 15.5 Å². The Morgan fingerprint density at radius 2 is 2.19 bits per heavy atom. The van der Waals surface area contributed by atoms with Crippen molar-refractivity contribution in [2.45, 2.75) is 46.5 Å². The van der Waals surface area contributed by atoms with Crippen LogP contribution in [0.4, 0.5) is 0 Å². The van der Waals surface area contributed by atoms with Crippen LogP contribution < -0.4 is 11.1 Å². The summed E-state index contributed by atoms with van der Waals surface area (Å²) in [7, 11) is 0. The van der Waals surface area contributed by atoms with Gasteiger partial charge in [0.1, 0.15) is 5.41 Å². The van der Waals surface area contributed by atoms with E-state index in [4.69, 9.17) is 10.9 Å². The summed E-state index contributed by atoms with van der Waals surface area (Å²) in [6.07, 6.45) is 4.44. The van der Waals surface area contributed by atoms with E-state index >= 15 is 0 Å². The third kappa shape index (κ3) is 3.74. The molecule has 5 N–H and O–H groups in total. The molecule has 0 aliphatic heterocycles. The van der Waals surface area contributed by atoms with Crippen LogP contribution in [0.5, 0.6) is 0 Å². The SMILES string of the molecule is CCC(CC)(C(=O)NCCCc1cn[nH]c1C)C(N)=NO. The zero-order valence-corrected chi connectivity index (χ0v) is 12.9. The van der Waals surface area contributed by atoms with E-state index in [-0.39, 0.29) is 11.7 Å². The van der Waals surface area contributed by atoms with Crippen molar-refractivity contribution in [2.75, 3.05) is 6.54 Å². The van der Waals surface area contributed by atoms with Crippen LogP contribution in [-0.2, 0) is 11.2 Å². The van der Waals surface area contributed by atoms with Crippen molar-refractivity contribution in [3.63, 3.8) is 0 Å². The number of hydrogen-bond donors (Lipinski definition) is 4. The fourth-order valence-corrected chi connectivity index (χ4v) is 2.42. The lowest BCUT2D eigenvalue weighted by molar-refractivity contribution is -0.128. The number of amides is 1. The van der Waals surface area contributed by atoms with Gasteiger partial charge in [-0.1, -0.05) is 19.0 Å². The number of carbonyl (C=O) groups is 1. The number of H-pyrrole nitrogens is 1. The number of carbonyl (C=O) groups excluding carboxylic acids is 1. The number of nitrogens with two attached hydrogens (primary N) is 1. The van der Waals surface area contributed by atoms with Gasteiger partial charge < -0.3 is 16.3 Å². The van der Waals surface area contributed by atoms with Gasteiger partial charge in [0.05, 0.1) is 6.20 Å². The van der Waals surface area contributed by atoms with E-state index in [2.05, 4.69) is 20.7 Å². The molecule has 0 spiro atoms. The summed E-state index contributed by atoms with van der Waals surface area (Å²) in [5.41, 5.74) is 6.97. The Morgan fingerprint density at radius 1 is 1.52 bits per heavy atom. The fourth-order valence-electron chi connectivity index (χ4n) is 2.42. The number of oxime groups is 1. The van der Waals surface area contributed by atoms with Gasteiger partial charge in [-0.25, -0.2) is 0 Å². The van der Waals surface area contributed by atoms with Crippen LogP contribution >= 0.6 is 0 Å². The van der Waals surface area contributed by atoms with Crippen molar-refractivity contribution in [1.29, 1.82) is 0 Å². The number of aromatic amines is 1. The van der Waals surface area contributed by atoms with Gasteiger partial charge in [-0.05, 0) is 38.2 Å². The first-order valence-corrected chi connectivity index (χ1v) is 7.27. The molecule has 7 heteroatoms. The normalized spacial score (nSPS) is 12.4. The number of aryl methyl sites for hydroxylation is 2. The summed E-state index contributed by atoms with van der Waals surface area (Å²) in [5, 5.41) is 21.6. The first-order valence-electron chi connectivity index (χ1n) is 7.27. The average Bonchev–Trinajstić information content (AvgIpc) is 2.90. The summed E-state index contributed by atoms with van der Waals surface area (Å²) in [5.74, 6) is -0.220. The average molecular weight is 295 g/mol. The lowest BCUT2D eigenvalue weighted by Crippen LogP contribution is -2.49. The molecular weight excluding hydrogens is 270 g/mol. The summed E-state index contributed by atoms with van der Waals surface area (Å²) in [4.78, 5) is 12.4. The molecular formula is C14H25N5O2. The van der Waals surface area contributed by atoms with Crippen LogP contribution in [0.3, 0.4) is 0 Å². The second-order valence-corrected chi connectivity index (χ2v) is 5.15. The van der Waals surface area contributed by atoms with Crippen molar-refractivity contribution >= 4 is 11.7 Å². The molecule has 7 nitrogen and oxygen atoms in total. The van der Waals surface area contributed by atoms with E-state index in [0.717, 1.165) is 24.1 Å². The highest BCUT2D eigenvalue weighted by Gasteiger charge is 2.39. The molecule has 1 aromatic rings. The lowest BCUT2D eigenvalue weighted by Gasteiger charge is -2.28. The van der Waals surface area contributed by atoms with E-state index in [1.165, 1.54) is 0 Å². The molecule has 0 aliphatic rings. The number of rotatable bonds is 8. The minimum absolute atomic E-state index is 0.0318. The molecule has 0 aliphatic carbocycles. The van der Waals surface area contributed by atoms with E-state index < -0.39 is 5.41 Å². The molecule has 0 saturated heterocycles.